The highest BCUT2D eigenvalue weighted by atomic mass is 32.1. The fraction of sp³-hybridized carbons (Fsp3) is 0.357. The number of aromatic nitrogens is 2. The summed E-state index contributed by atoms with van der Waals surface area (Å²) in [6, 6.07) is 7.48. The number of ether oxygens (including phenoxy) is 3. The van der Waals surface area contributed by atoms with Crippen LogP contribution in [0.4, 0.5) is 0 Å². The summed E-state index contributed by atoms with van der Waals surface area (Å²) in [5.41, 5.74) is 1.08. The Morgan fingerprint density at radius 1 is 1.52 bits per heavy atom. The molecule has 2 aromatic rings. The highest BCUT2D eigenvalue weighted by molar-refractivity contribution is 7.09. The molecule has 1 fully saturated rings. The van der Waals surface area contributed by atoms with Gasteiger partial charge in [0.1, 0.15) is 18.5 Å². The Labute approximate surface area is 125 Å². The minimum Gasteiger partial charge on any atom is -0.491 e. The van der Waals surface area contributed by atoms with Crippen molar-refractivity contribution < 1.29 is 19.0 Å². The van der Waals surface area contributed by atoms with E-state index in [4.69, 9.17) is 14.2 Å². The molecule has 1 saturated heterocycles. The van der Waals surface area contributed by atoms with Crippen LogP contribution < -0.4 is 4.74 Å². The Morgan fingerprint density at radius 2 is 2.38 bits per heavy atom. The number of carbonyl (C=O) groups excluding carboxylic acids is 1. The molecule has 0 N–H and O–H groups in total. The van der Waals surface area contributed by atoms with Gasteiger partial charge in [0, 0.05) is 0 Å². The summed E-state index contributed by atoms with van der Waals surface area (Å²) in [5.74, 6) is 0.269. The molecule has 0 radical (unpaired) electrons. The van der Waals surface area contributed by atoms with Crippen molar-refractivity contribution in [3.05, 3.63) is 30.0 Å². The second-order valence-corrected chi connectivity index (χ2v) is 5.22. The predicted octanol–water partition coefficient (Wildman–Crippen LogP) is 2.16. The van der Waals surface area contributed by atoms with Crippen molar-refractivity contribution in [2.45, 2.75) is 13.0 Å². The molecule has 21 heavy (non-hydrogen) atoms. The van der Waals surface area contributed by atoms with Gasteiger partial charge in [0.2, 0.25) is 0 Å². The van der Waals surface area contributed by atoms with Crippen LogP contribution >= 0.6 is 11.5 Å². The van der Waals surface area contributed by atoms with Crippen LogP contribution in [0.25, 0.3) is 10.4 Å². The molecule has 1 aromatic heterocycles. The van der Waals surface area contributed by atoms with E-state index in [9.17, 15) is 4.79 Å². The molecule has 0 amide bonds. The largest absolute Gasteiger partial charge is 0.491 e. The van der Waals surface area contributed by atoms with Gasteiger partial charge in [-0.05, 0) is 36.2 Å². The van der Waals surface area contributed by atoms with E-state index in [2.05, 4.69) is 9.59 Å². The van der Waals surface area contributed by atoms with Crippen molar-refractivity contribution in [1.82, 2.24) is 9.59 Å². The SMILES string of the molecule is CCOC(=O)c1nnsc1-c1cccc(OCC2CO2)c1. The number of hydrogen-bond donors (Lipinski definition) is 0. The maximum absolute atomic E-state index is 11.8. The van der Waals surface area contributed by atoms with E-state index < -0.39 is 5.97 Å². The summed E-state index contributed by atoms with van der Waals surface area (Å²) >= 11 is 1.16. The van der Waals surface area contributed by atoms with Crippen LogP contribution in [-0.4, -0.2) is 41.5 Å². The molecule has 1 aliphatic rings. The average Bonchev–Trinajstić information content (AvgIpc) is 3.19. The minimum atomic E-state index is -0.459. The van der Waals surface area contributed by atoms with Crippen molar-refractivity contribution in [2.75, 3.05) is 19.8 Å². The third kappa shape index (κ3) is 3.37. The number of carbonyl (C=O) groups is 1. The lowest BCUT2D eigenvalue weighted by atomic mass is 10.1. The maximum atomic E-state index is 11.8. The fourth-order valence-electron chi connectivity index (χ4n) is 1.79. The Balaban J connectivity index is 1.81. The van der Waals surface area contributed by atoms with Crippen molar-refractivity contribution in [2.24, 2.45) is 0 Å². The molecule has 0 saturated carbocycles. The summed E-state index contributed by atoms with van der Waals surface area (Å²) in [7, 11) is 0. The lowest BCUT2D eigenvalue weighted by Gasteiger charge is -2.06. The zero-order valence-corrected chi connectivity index (χ0v) is 12.3. The van der Waals surface area contributed by atoms with Gasteiger partial charge in [0.05, 0.1) is 18.1 Å². The van der Waals surface area contributed by atoms with Crippen LogP contribution in [0.2, 0.25) is 0 Å². The first-order chi connectivity index (χ1) is 10.3. The van der Waals surface area contributed by atoms with Crippen LogP contribution in [0.5, 0.6) is 5.75 Å². The molecule has 7 heteroatoms. The normalized spacial score (nSPS) is 16.5. The molecule has 3 rings (SSSR count). The van der Waals surface area contributed by atoms with Gasteiger partial charge in [-0.15, -0.1) is 5.10 Å². The monoisotopic (exact) mass is 306 g/mol. The highest BCUT2D eigenvalue weighted by Crippen LogP contribution is 2.29. The third-order valence-corrected chi connectivity index (χ3v) is 3.67. The first-order valence-electron chi connectivity index (χ1n) is 6.62. The summed E-state index contributed by atoms with van der Waals surface area (Å²) in [6.07, 6.45) is 0.203. The second-order valence-electron chi connectivity index (χ2n) is 4.47. The third-order valence-electron chi connectivity index (χ3n) is 2.89. The summed E-state index contributed by atoms with van der Waals surface area (Å²) < 4.78 is 19.6. The molecule has 0 bridgehead atoms. The number of hydrogen-bond acceptors (Lipinski definition) is 7. The quantitative estimate of drug-likeness (QED) is 0.601. The lowest BCUT2D eigenvalue weighted by Crippen LogP contribution is -2.06. The molecule has 1 atom stereocenters. The second kappa shape index (κ2) is 6.19. The molecule has 2 heterocycles. The van der Waals surface area contributed by atoms with E-state index in [1.807, 2.05) is 24.3 Å². The van der Waals surface area contributed by atoms with Gasteiger partial charge in [-0.1, -0.05) is 16.6 Å². The predicted molar refractivity (Wildman–Crippen MR) is 76.5 cm³/mol. The Morgan fingerprint density at radius 3 is 3.14 bits per heavy atom. The van der Waals surface area contributed by atoms with Gasteiger partial charge < -0.3 is 14.2 Å². The molecule has 0 aliphatic carbocycles. The van der Waals surface area contributed by atoms with Crippen LogP contribution in [0.15, 0.2) is 24.3 Å². The molecule has 110 valence electrons. The fourth-order valence-corrected chi connectivity index (χ4v) is 2.44. The van der Waals surface area contributed by atoms with Gasteiger partial charge in [0.15, 0.2) is 5.69 Å². The Hall–Kier alpha value is -1.99. The maximum Gasteiger partial charge on any atom is 0.360 e. The summed E-state index contributed by atoms with van der Waals surface area (Å²) in [5, 5.41) is 3.86. The topological polar surface area (TPSA) is 73.8 Å². The van der Waals surface area contributed by atoms with Gasteiger partial charge in [-0.25, -0.2) is 4.79 Å². The van der Waals surface area contributed by atoms with Crippen molar-refractivity contribution in [3.8, 4) is 16.2 Å². The van der Waals surface area contributed by atoms with Gasteiger partial charge >= 0.3 is 5.97 Å². The first kappa shape index (κ1) is 14.0. The van der Waals surface area contributed by atoms with Gasteiger partial charge in [-0.3, -0.25) is 0 Å². The van der Waals surface area contributed by atoms with Crippen molar-refractivity contribution in [1.29, 1.82) is 0 Å². The molecular weight excluding hydrogens is 292 g/mol. The molecule has 1 aliphatic heterocycles. The first-order valence-corrected chi connectivity index (χ1v) is 7.39. The number of nitrogens with zero attached hydrogens (tertiary/aromatic N) is 2. The zero-order valence-electron chi connectivity index (χ0n) is 11.4. The van der Waals surface area contributed by atoms with Crippen LogP contribution in [0.1, 0.15) is 17.4 Å². The van der Waals surface area contributed by atoms with E-state index in [1.54, 1.807) is 6.92 Å². The van der Waals surface area contributed by atoms with E-state index in [1.165, 1.54) is 0 Å². The minimum absolute atomic E-state index is 0.203. The Kier molecular flexibility index (Phi) is 4.12. The molecule has 0 spiro atoms. The zero-order chi connectivity index (χ0) is 14.7. The van der Waals surface area contributed by atoms with Crippen molar-refractivity contribution in [3.63, 3.8) is 0 Å². The average molecular weight is 306 g/mol. The van der Waals surface area contributed by atoms with E-state index in [0.29, 0.717) is 18.1 Å². The number of epoxide rings is 1. The molecule has 6 nitrogen and oxygen atoms in total. The molecule has 1 aromatic carbocycles. The number of rotatable bonds is 6. The Bertz CT molecular complexity index is 639. The van der Waals surface area contributed by atoms with Crippen LogP contribution in [0, 0.1) is 0 Å². The smallest absolute Gasteiger partial charge is 0.360 e. The van der Waals surface area contributed by atoms with Gasteiger partial charge in [0.25, 0.3) is 0 Å². The van der Waals surface area contributed by atoms with Gasteiger partial charge in [-0.2, -0.15) is 0 Å². The van der Waals surface area contributed by atoms with E-state index in [0.717, 1.165) is 29.5 Å². The number of benzene rings is 1. The van der Waals surface area contributed by atoms with E-state index in [-0.39, 0.29) is 11.8 Å². The lowest BCUT2D eigenvalue weighted by molar-refractivity contribution is 0.0520. The summed E-state index contributed by atoms with van der Waals surface area (Å²) in [4.78, 5) is 12.5. The van der Waals surface area contributed by atoms with E-state index >= 15 is 0 Å². The van der Waals surface area contributed by atoms with Crippen LogP contribution in [0.3, 0.4) is 0 Å². The molecular formula is C14H14N2O4S. The standard InChI is InChI=1S/C14H14N2O4S/c1-2-18-14(17)12-13(21-16-15-12)9-4-3-5-10(6-9)19-7-11-8-20-11/h3-6,11H,2,7-8H2,1H3. The number of esters is 1. The van der Waals surface area contributed by atoms with Crippen molar-refractivity contribution >= 4 is 17.5 Å². The molecule has 1 unspecified atom stereocenters. The highest BCUT2D eigenvalue weighted by Gasteiger charge is 2.23. The van der Waals surface area contributed by atoms with Crippen LogP contribution in [-0.2, 0) is 9.47 Å². The summed E-state index contributed by atoms with van der Waals surface area (Å²) in [6.45, 7) is 3.35.